The van der Waals surface area contributed by atoms with E-state index in [9.17, 15) is 0 Å². The van der Waals surface area contributed by atoms with Gasteiger partial charge in [-0.3, -0.25) is 0 Å². The molecule has 0 heterocycles. The summed E-state index contributed by atoms with van der Waals surface area (Å²) in [7, 11) is 1.71. The van der Waals surface area contributed by atoms with Crippen molar-refractivity contribution in [2.45, 2.75) is 19.9 Å². The van der Waals surface area contributed by atoms with E-state index in [4.69, 9.17) is 16.3 Å². The molecule has 0 radical (unpaired) electrons. The summed E-state index contributed by atoms with van der Waals surface area (Å²) in [4.78, 5) is 0. The Morgan fingerprint density at radius 1 is 1.33 bits per heavy atom. The summed E-state index contributed by atoms with van der Waals surface area (Å²) >= 11 is 5.96. The minimum absolute atomic E-state index is 0.738. The van der Waals surface area contributed by atoms with Crippen LogP contribution in [0.5, 0.6) is 0 Å². The van der Waals surface area contributed by atoms with Crippen LogP contribution in [0.4, 0.5) is 0 Å². The van der Waals surface area contributed by atoms with Gasteiger partial charge in [-0.1, -0.05) is 24.6 Å². The highest BCUT2D eigenvalue weighted by atomic mass is 35.5. The zero-order valence-electron chi connectivity index (χ0n) is 9.35. The predicted octanol–water partition coefficient (Wildman–Crippen LogP) is 2.64. The minimum atomic E-state index is 0.738. The van der Waals surface area contributed by atoms with Gasteiger partial charge in [0, 0.05) is 25.2 Å². The monoisotopic (exact) mass is 227 g/mol. The molecule has 0 saturated heterocycles. The lowest BCUT2D eigenvalue weighted by Crippen LogP contribution is -2.19. The molecule has 0 fully saturated rings. The Balaban J connectivity index is 2.54. The Kier molecular flexibility index (Phi) is 5.69. The van der Waals surface area contributed by atoms with Crippen LogP contribution in [0.1, 0.15) is 18.1 Å². The van der Waals surface area contributed by atoms with Gasteiger partial charge in [-0.15, -0.1) is 0 Å². The Labute approximate surface area is 96.6 Å². The maximum absolute atomic E-state index is 5.96. The molecular weight excluding hydrogens is 210 g/mol. The highest BCUT2D eigenvalue weighted by molar-refractivity contribution is 6.30. The maximum atomic E-state index is 5.96. The van der Waals surface area contributed by atoms with Crippen LogP contribution in [-0.4, -0.2) is 20.3 Å². The Bertz CT molecular complexity index is 302. The van der Waals surface area contributed by atoms with Gasteiger partial charge < -0.3 is 10.1 Å². The summed E-state index contributed by atoms with van der Waals surface area (Å²) in [5.74, 6) is 0. The zero-order valence-corrected chi connectivity index (χ0v) is 10.1. The highest BCUT2D eigenvalue weighted by Crippen LogP contribution is 2.16. The van der Waals surface area contributed by atoms with Crippen LogP contribution in [-0.2, 0) is 17.7 Å². The molecule has 0 amide bonds. The largest absolute Gasteiger partial charge is 0.383 e. The normalized spacial score (nSPS) is 10.6. The van der Waals surface area contributed by atoms with Gasteiger partial charge in [-0.25, -0.2) is 0 Å². The van der Waals surface area contributed by atoms with Gasteiger partial charge in [-0.2, -0.15) is 0 Å². The van der Waals surface area contributed by atoms with Gasteiger partial charge in [0.15, 0.2) is 0 Å². The van der Waals surface area contributed by atoms with E-state index in [1.165, 1.54) is 11.1 Å². The molecule has 0 aromatic heterocycles. The predicted molar refractivity (Wildman–Crippen MR) is 64.4 cm³/mol. The summed E-state index contributed by atoms with van der Waals surface area (Å²) in [6.07, 6.45) is 1.04. The van der Waals surface area contributed by atoms with E-state index in [-0.39, 0.29) is 0 Å². The number of nitrogens with one attached hydrogen (secondary N) is 1. The van der Waals surface area contributed by atoms with Gasteiger partial charge in [-0.05, 0) is 29.7 Å². The fourth-order valence-corrected chi connectivity index (χ4v) is 1.70. The van der Waals surface area contributed by atoms with Crippen LogP contribution >= 0.6 is 11.6 Å². The van der Waals surface area contributed by atoms with Crippen molar-refractivity contribution < 1.29 is 4.74 Å². The number of benzene rings is 1. The molecule has 0 saturated carbocycles. The molecule has 0 aliphatic carbocycles. The van der Waals surface area contributed by atoms with Gasteiger partial charge >= 0.3 is 0 Å². The molecule has 0 atom stereocenters. The van der Waals surface area contributed by atoms with Gasteiger partial charge in [0.1, 0.15) is 0 Å². The van der Waals surface area contributed by atoms with Crippen molar-refractivity contribution in [3.63, 3.8) is 0 Å². The van der Waals surface area contributed by atoms with E-state index in [0.717, 1.165) is 31.1 Å². The van der Waals surface area contributed by atoms with E-state index in [2.05, 4.69) is 18.3 Å². The summed E-state index contributed by atoms with van der Waals surface area (Å²) in [5, 5.41) is 4.12. The van der Waals surface area contributed by atoms with Crippen LogP contribution in [0.2, 0.25) is 5.02 Å². The Morgan fingerprint density at radius 2 is 2.13 bits per heavy atom. The van der Waals surface area contributed by atoms with E-state index in [1.807, 2.05) is 12.1 Å². The molecule has 0 unspecified atom stereocenters. The number of halogens is 1. The third kappa shape index (κ3) is 4.20. The second kappa shape index (κ2) is 6.83. The summed E-state index contributed by atoms with van der Waals surface area (Å²) in [5.41, 5.74) is 2.63. The number of rotatable bonds is 6. The van der Waals surface area contributed by atoms with Crippen molar-refractivity contribution >= 4 is 11.6 Å². The van der Waals surface area contributed by atoms with Crippen LogP contribution < -0.4 is 5.32 Å². The fraction of sp³-hybridized carbons (Fsp3) is 0.500. The first kappa shape index (κ1) is 12.5. The lowest BCUT2D eigenvalue weighted by atomic mass is 10.1. The molecule has 0 spiro atoms. The molecule has 2 nitrogen and oxygen atoms in total. The molecule has 84 valence electrons. The molecule has 0 aliphatic rings. The lowest BCUT2D eigenvalue weighted by molar-refractivity contribution is 0.199. The van der Waals surface area contributed by atoms with Crippen molar-refractivity contribution in [3.8, 4) is 0 Å². The lowest BCUT2D eigenvalue weighted by Gasteiger charge is -2.09. The maximum Gasteiger partial charge on any atom is 0.0587 e. The number of aryl methyl sites for hydroxylation is 1. The molecule has 0 bridgehead atoms. The first-order valence-electron chi connectivity index (χ1n) is 5.25. The molecule has 15 heavy (non-hydrogen) atoms. The Hall–Kier alpha value is -0.570. The Morgan fingerprint density at radius 3 is 2.80 bits per heavy atom. The van der Waals surface area contributed by atoms with Gasteiger partial charge in [0.2, 0.25) is 0 Å². The summed E-state index contributed by atoms with van der Waals surface area (Å²) < 4.78 is 4.97. The van der Waals surface area contributed by atoms with E-state index in [1.54, 1.807) is 7.11 Å². The second-order valence-corrected chi connectivity index (χ2v) is 3.87. The average molecular weight is 228 g/mol. The topological polar surface area (TPSA) is 21.3 Å². The standard InChI is InChI=1S/C12H18ClNO/c1-3-10-4-5-12(13)8-11(10)9-14-6-7-15-2/h4-5,8,14H,3,6-7,9H2,1-2H3. The zero-order chi connectivity index (χ0) is 11.1. The SMILES string of the molecule is CCc1ccc(Cl)cc1CNCCOC. The number of ether oxygens (including phenoxy) is 1. The van der Waals surface area contributed by atoms with Crippen LogP contribution in [0, 0.1) is 0 Å². The minimum Gasteiger partial charge on any atom is -0.383 e. The molecule has 1 N–H and O–H groups in total. The molecule has 1 rings (SSSR count). The second-order valence-electron chi connectivity index (χ2n) is 3.44. The molecule has 0 aliphatic heterocycles. The van der Waals surface area contributed by atoms with Crippen molar-refractivity contribution in [3.05, 3.63) is 34.3 Å². The van der Waals surface area contributed by atoms with E-state index in [0.29, 0.717) is 0 Å². The van der Waals surface area contributed by atoms with Crippen LogP contribution in [0.3, 0.4) is 0 Å². The average Bonchev–Trinajstić information content (AvgIpc) is 2.25. The van der Waals surface area contributed by atoms with Crippen molar-refractivity contribution in [1.82, 2.24) is 5.32 Å². The fourth-order valence-electron chi connectivity index (χ4n) is 1.50. The van der Waals surface area contributed by atoms with E-state index < -0.39 is 0 Å². The van der Waals surface area contributed by atoms with Crippen LogP contribution in [0.25, 0.3) is 0 Å². The molecule has 3 heteroatoms. The quantitative estimate of drug-likeness (QED) is 0.755. The summed E-state index contributed by atoms with van der Waals surface area (Å²) in [6.45, 7) is 4.61. The number of methoxy groups -OCH3 is 1. The van der Waals surface area contributed by atoms with Crippen LogP contribution in [0.15, 0.2) is 18.2 Å². The number of hydrogen-bond donors (Lipinski definition) is 1. The first-order valence-corrected chi connectivity index (χ1v) is 5.62. The van der Waals surface area contributed by atoms with Gasteiger partial charge in [0.25, 0.3) is 0 Å². The number of hydrogen-bond acceptors (Lipinski definition) is 2. The molecule has 1 aromatic carbocycles. The molecular formula is C12H18ClNO. The van der Waals surface area contributed by atoms with Crippen molar-refractivity contribution in [1.29, 1.82) is 0 Å². The third-order valence-electron chi connectivity index (χ3n) is 2.35. The highest BCUT2D eigenvalue weighted by Gasteiger charge is 2.01. The van der Waals surface area contributed by atoms with E-state index >= 15 is 0 Å². The summed E-state index contributed by atoms with van der Waals surface area (Å²) in [6, 6.07) is 6.06. The first-order chi connectivity index (χ1) is 7.27. The third-order valence-corrected chi connectivity index (χ3v) is 2.58. The van der Waals surface area contributed by atoms with Gasteiger partial charge in [0.05, 0.1) is 6.61 Å². The van der Waals surface area contributed by atoms with Crippen molar-refractivity contribution in [2.24, 2.45) is 0 Å². The smallest absolute Gasteiger partial charge is 0.0587 e. The van der Waals surface area contributed by atoms with Crippen molar-refractivity contribution in [2.75, 3.05) is 20.3 Å². The molecule has 1 aromatic rings.